The molecule has 32 heavy (non-hydrogen) atoms. The number of nitrogens with zero attached hydrogens (tertiary/aromatic N) is 2. The van der Waals surface area contributed by atoms with E-state index in [1.807, 2.05) is 20.8 Å². The van der Waals surface area contributed by atoms with Crippen molar-refractivity contribution in [1.82, 2.24) is 9.80 Å². The average Bonchev–Trinajstić information content (AvgIpc) is 2.69. The van der Waals surface area contributed by atoms with Crippen LogP contribution < -0.4 is 0 Å². The fourth-order valence-electron chi connectivity index (χ4n) is 3.70. The van der Waals surface area contributed by atoms with E-state index in [9.17, 15) is 19.2 Å². The van der Waals surface area contributed by atoms with Crippen LogP contribution in [0.5, 0.6) is 0 Å². The van der Waals surface area contributed by atoms with Crippen molar-refractivity contribution in [2.45, 2.75) is 68.7 Å². The summed E-state index contributed by atoms with van der Waals surface area (Å²) in [6.07, 6.45) is 0.979. The molecular formula is C25H42N2O5. The Hall–Kier alpha value is -2.28. The van der Waals surface area contributed by atoms with Gasteiger partial charge in [-0.15, -0.1) is 0 Å². The van der Waals surface area contributed by atoms with Crippen LogP contribution in [0.1, 0.15) is 68.7 Å². The summed E-state index contributed by atoms with van der Waals surface area (Å²) < 4.78 is 5.55. The molecular weight excluding hydrogens is 408 g/mol. The second-order valence-corrected chi connectivity index (χ2v) is 8.90. The number of carbonyl (C=O) groups excluding carboxylic acids is 4. The zero-order chi connectivity index (χ0) is 23.9. The van der Waals surface area contributed by atoms with Crippen LogP contribution in [-0.4, -0.2) is 73.1 Å². The van der Waals surface area contributed by atoms with Crippen LogP contribution in [0.4, 0.5) is 0 Å². The van der Waals surface area contributed by atoms with Gasteiger partial charge in [0.15, 0.2) is 11.6 Å². The highest BCUT2D eigenvalue weighted by Crippen LogP contribution is 2.39. The molecule has 0 aliphatic heterocycles. The molecule has 2 amide bonds. The Morgan fingerprint density at radius 1 is 0.906 bits per heavy atom. The van der Waals surface area contributed by atoms with E-state index < -0.39 is 5.41 Å². The smallest absolute Gasteiger partial charge is 0.223 e. The number of ether oxygens (including phenoxy) is 1. The maximum absolute atomic E-state index is 13.2. The summed E-state index contributed by atoms with van der Waals surface area (Å²) in [6, 6.07) is 0. The summed E-state index contributed by atoms with van der Waals surface area (Å²) in [7, 11) is 1.69. The summed E-state index contributed by atoms with van der Waals surface area (Å²) in [6.45, 7) is 14.4. The molecule has 1 aliphatic carbocycles. The van der Waals surface area contributed by atoms with Gasteiger partial charge in [-0.2, -0.15) is 0 Å². The van der Waals surface area contributed by atoms with Crippen molar-refractivity contribution < 1.29 is 23.9 Å². The molecule has 1 rings (SSSR count). The number of amides is 2. The molecule has 0 bridgehead atoms. The molecule has 0 aromatic carbocycles. The van der Waals surface area contributed by atoms with E-state index in [-0.39, 0.29) is 37.2 Å². The number of hydrogen-bond acceptors (Lipinski definition) is 5. The molecule has 0 aromatic heterocycles. The Morgan fingerprint density at radius 3 is 2.00 bits per heavy atom. The highest BCUT2D eigenvalue weighted by Gasteiger charge is 2.39. The van der Waals surface area contributed by atoms with Crippen LogP contribution in [0, 0.1) is 5.41 Å². The minimum atomic E-state index is -0.801. The molecule has 0 unspecified atom stereocenters. The van der Waals surface area contributed by atoms with Crippen LogP contribution in [0.2, 0.25) is 0 Å². The Bertz CT molecular complexity index is 792. The van der Waals surface area contributed by atoms with Gasteiger partial charge in [0.2, 0.25) is 11.8 Å². The monoisotopic (exact) mass is 450 g/mol. The molecule has 0 fully saturated rings. The molecule has 0 N–H and O–H groups in total. The fraction of sp³-hybridized carbons (Fsp3) is 0.680. The lowest BCUT2D eigenvalue weighted by molar-refractivity contribution is -0.135. The van der Waals surface area contributed by atoms with Gasteiger partial charge in [0, 0.05) is 74.3 Å². The van der Waals surface area contributed by atoms with Gasteiger partial charge in [-0.1, -0.05) is 28.2 Å². The minimum Gasteiger partial charge on any atom is -0.380 e. The zero-order valence-electron chi connectivity index (χ0n) is 20.4. The van der Waals surface area contributed by atoms with Crippen LogP contribution in [0.3, 0.4) is 0 Å². The molecule has 0 aromatic rings. The molecule has 182 valence electrons. The van der Waals surface area contributed by atoms with Gasteiger partial charge < -0.3 is 14.5 Å². The third kappa shape index (κ3) is 7.40. The number of Topliss-reactive ketones (excluding diaryl/α,β-unsaturated/α-hetero) is 2. The van der Waals surface area contributed by atoms with Crippen molar-refractivity contribution in [3.63, 3.8) is 0 Å². The highest BCUT2D eigenvalue weighted by atomic mass is 16.5. The topological polar surface area (TPSA) is 84.0 Å². The third-order valence-corrected chi connectivity index (χ3v) is 5.91. The molecule has 0 atom stereocenters. The van der Waals surface area contributed by atoms with Crippen LogP contribution in [0.25, 0.3) is 0 Å². The largest absolute Gasteiger partial charge is 0.380 e. The second kappa shape index (κ2) is 12.7. The van der Waals surface area contributed by atoms with E-state index in [0.29, 0.717) is 55.1 Å². The van der Waals surface area contributed by atoms with E-state index in [1.165, 1.54) is 6.92 Å². The molecule has 0 saturated heterocycles. The molecule has 7 nitrogen and oxygen atoms in total. The second-order valence-electron chi connectivity index (χ2n) is 8.90. The van der Waals surface area contributed by atoms with E-state index in [1.54, 1.807) is 37.6 Å². The van der Waals surface area contributed by atoms with E-state index in [4.69, 9.17) is 4.74 Å². The maximum Gasteiger partial charge on any atom is 0.223 e. The van der Waals surface area contributed by atoms with Crippen LogP contribution in [-0.2, 0) is 23.9 Å². The van der Waals surface area contributed by atoms with Gasteiger partial charge in [0.25, 0.3) is 0 Å². The standard InChI is InChI=1S/C24H38N2O5.CH4/c1-9-13-31-14-12-26(11-10-25(8)19(5)27)20(28)15-24(6,7)21-18(4)22(29)16(2)17(3)23(21)30;/h9-15H2,1-8H3;1H4. The molecule has 0 spiro atoms. The molecule has 1 aliphatic rings. The summed E-state index contributed by atoms with van der Waals surface area (Å²) in [5.41, 5.74) is 0.941. The SMILES string of the molecule is C.CCCOCCN(CCN(C)C(C)=O)C(=O)CC(C)(C)C1=C(C)C(=O)C(C)=C(C)C1=O. The molecule has 0 heterocycles. The van der Waals surface area contributed by atoms with Gasteiger partial charge in [0.1, 0.15) is 0 Å². The van der Waals surface area contributed by atoms with Crippen molar-refractivity contribution in [2.24, 2.45) is 5.41 Å². The number of likely N-dealkylation sites (N-methyl/N-ethyl adjacent to an activating group) is 1. The van der Waals surface area contributed by atoms with Gasteiger partial charge in [0.05, 0.1) is 6.61 Å². The first-order valence-electron chi connectivity index (χ1n) is 10.9. The fourth-order valence-corrected chi connectivity index (χ4v) is 3.70. The Balaban J connectivity index is 0.00000961. The first-order valence-corrected chi connectivity index (χ1v) is 10.9. The lowest BCUT2D eigenvalue weighted by Gasteiger charge is -2.34. The Labute approximate surface area is 193 Å². The lowest BCUT2D eigenvalue weighted by Crippen LogP contribution is -2.43. The van der Waals surface area contributed by atoms with E-state index >= 15 is 0 Å². The predicted molar refractivity (Wildman–Crippen MR) is 127 cm³/mol. The minimum absolute atomic E-state index is 0. The molecule has 0 radical (unpaired) electrons. The third-order valence-electron chi connectivity index (χ3n) is 5.91. The van der Waals surface area contributed by atoms with Crippen LogP contribution in [0.15, 0.2) is 22.3 Å². The summed E-state index contributed by atoms with van der Waals surface area (Å²) >= 11 is 0. The summed E-state index contributed by atoms with van der Waals surface area (Å²) in [4.78, 5) is 53.6. The molecule has 7 heteroatoms. The highest BCUT2D eigenvalue weighted by molar-refractivity contribution is 6.25. The van der Waals surface area contributed by atoms with Crippen molar-refractivity contribution in [2.75, 3.05) is 39.9 Å². The summed E-state index contributed by atoms with van der Waals surface area (Å²) in [5, 5.41) is 0. The van der Waals surface area contributed by atoms with E-state index in [2.05, 4.69) is 0 Å². The van der Waals surface area contributed by atoms with Gasteiger partial charge in [-0.25, -0.2) is 0 Å². The van der Waals surface area contributed by atoms with Gasteiger partial charge in [-0.05, 0) is 27.2 Å². The Morgan fingerprint density at radius 2 is 1.47 bits per heavy atom. The van der Waals surface area contributed by atoms with Crippen molar-refractivity contribution >= 4 is 23.4 Å². The number of hydrogen-bond donors (Lipinski definition) is 0. The lowest BCUT2D eigenvalue weighted by atomic mass is 9.71. The Kier molecular flexibility index (Phi) is 11.8. The van der Waals surface area contributed by atoms with Crippen LogP contribution >= 0.6 is 0 Å². The van der Waals surface area contributed by atoms with Gasteiger partial charge >= 0.3 is 0 Å². The number of allylic oxidation sites excluding steroid dienone is 4. The van der Waals surface area contributed by atoms with Crippen molar-refractivity contribution in [3.05, 3.63) is 22.3 Å². The maximum atomic E-state index is 13.2. The number of carbonyl (C=O) groups is 4. The quantitative estimate of drug-likeness (QED) is 0.355. The average molecular weight is 451 g/mol. The normalized spacial score (nSPS) is 14.5. The zero-order valence-corrected chi connectivity index (χ0v) is 20.4. The summed E-state index contributed by atoms with van der Waals surface area (Å²) in [5.74, 6) is -0.506. The van der Waals surface area contributed by atoms with Crippen molar-refractivity contribution in [3.8, 4) is 0 Å². The van der Waals surface area contributed by atoms with Crippen molar-refractivity contribution in [1.29, 1.82) is 0 Å². The predicted octanol–water partition coefficient (Wildman–Crippen LogP) is 3.58. The van der Waals surface area contributed by atoms with E-state index in [0.717, 1.165) is 6.42 Å². The van der Waals surface area contributed by atoms with Gasteiger partial charge in [-0.3, -0.25) is 19.2 Å². The number of ketones is 2. The number of rotatable bonds is 11. The first-order chi connectivity index (χ1) is 14.3. The molecule has 0 saturated carbocycles. The first kappa shape index (κ1) is 29.7.